The molecule has 21 heavy (non-hydrogen) atoms. The van der Waals surface area contributed by atoms with Gasteiger partial charge in [0.25, 0.3) is 0 Å². The highest BCUT2D eigenvalue weighted by molar-refractivity contribution is 5.81. The standard InChI is InChI=1S/C16H18N2O3/c1-11(16(19)17-9-12-5-4-8-20-12)18-14-10-21-15-7-3-2-6-13(14)15/h2-8,11,14,18H,9-10H2,1H3,(H,17,19). The van der Waals surface area contributed by atoms with Gasteiger partial charge in [-0.25, -0.2) is 0 Å². The van der Waals surface area contributed by atoms with Crippen LogP contribution < -0.4 is 15.4 Å². The molecule has 1 aromatic carbocycles. The van der Waals surface area contributed by atoms with E-state index in [1.54, 1.807) is 12.3 Å². The highest BCUT2D eigenvalue weighted by atomic mass is 16.5. The van der Waals surface area contributed by atoms with Gasteiger partial charge >= 0.3 is 0 Å². The lowest BCUT2D eigenvalue weighted by molar-refractivity contribution is -0.123. The molecule has 1 aromatic heterocycles. The number of fused-ring (bicyclic) bond motifs is 1. The molecule has 2 N–H and O–H groups in total. The number of carbonyl (C=O) groups is 1. The third-order valence-electron chi connectivity index (χ3n) is 3.56. The van der Waals surface area contributed by atoms with Gasteiger partial charge in [-0.2, -0.15) is 0 Å². The Hall–Kier alpha value is -2.27. The molecular weight excluding hydrogens is 268 g/mol. The van der Waals surface area contributed by atoms with Gasteiger partial charge < -0.3 is 14.5 Å². The van der Waals surface area contributed by atoms with E-state index in [9.17, 15) is 4.79 Å². The van der Waals surface area contributed by atoms with Crippen molar-refractivity contribution >= 4 is 5.91 Å². The zero-order valence-electron chi connectivity index (χ0n) is 11.8. The summed E-state index contributed by atoms with van der Waals surface area (Å²) in [6.45, 7) is 2.79. The number of para-hydroxylation sites is 1. The fraction of sp³-hybridized carbons (Fsp3) is 0.312. The van der Waals surface area contributed by atoms with Gasteiger partial charge in [0.2, 0.25) is 5.91 Å². The van der Waals surface area contributed by atoms with Gasteiger partial charge in [0.1, 0.15) is 18.1 Å². The first-order chi connectivity index (χ1) is 10.2. The van der Waals surface area contributed by atoms with Gasteiger partial charge in [-0.05, 0) is 25.1 Å². The fourth-order valence-corrected chi connectivity index (χ4v) is 2.42. The molecule has 0 aliphatic carbocycles. The Morgan fingerprint density at radius 2 is 2.19 bits per heavy atom. The van der Waals surface area contributed by atoms with Gasteiger partial charge in [0, 0.05) is 5.56 Å². The van der Waals surface area contributed by atoms with Crippen molar-refractivity contribution in [3.63, 3.8) is 0 Å². The predicted octanol–water partition coefficient (Wildman–Crippen LogP) is 2.01. The lowest BCUT2D eigenvalue weighted by atomic mass is 10.1. The number of hydrogen-bond donors (Lipinski definition) is 2. The van der Waals surface area contributed by atoms with Crippen LogP contribution in [-0.2, 0) is 11.3 Å². The van der Waals surface area contributed by atoms with Crippen LogP contribution in [0.5, 0.6) is 5.75 Å². The van der Waals surface area contributed by atoms with Gasteiger partial charge in [0.15, 0.2) is 0 Å². The van der Waals surface area contributed by atoms with Crippen molar-refractivity contribution in [2.45, 2.75) is 25.6 Å². The van der Waals surface area contributed by atoms with Crippen LogP contribution in [0.1, 0.15) is 24.3 Å². The van der Waals surface area contributed by atoms with Crippen molar-refractivity contribution in [3.8, 4) is 5.75 Å². The van der Waals surface area contributed by atoms with Gasteiger partial charge in [0.05, 0.1) is 24.9 Å². The van der Waals surface area contributed by atoms with Crippen molar-refractivity contribution in [2.24, 2.45) is 0 Å². The smallest absolute Gasteiger partial charge is 0.237 e. The van der Waals surface area contributed by atoms with Gasteiger partial charge in [-0.1, -0.05) is 18.2 Å². The monoisotopic (exact) mass is 286 g/mol. The van der Waals surface area contributed by atoms with Crippen molar-refractivity contribution in [1.82, 2.24) is 10.6 Å². The SMILES string of the molecule is CC(NC1COc2ccccc21)C(=O)NCc1ccco1. The quantitative estimate of drug-likeness (QED) is 0.882. The van der Waals surface area contributed by atoms with Crippen LogP contribution in [0, 0.1) is 0 Å². The number of benzene rings is 1. The van der Waals surface area contributed by atoms with Crippen LogP contribution in [0.3, 0.4) is 0 Å². The summed E-state index contributed by atoms with van der Waals surface area (Å²) in [5, 5.41) is 6.14. The second-order valence-electron chi connectivity index (χ2n) is 5.09. The van der Waals surface area contributed by atoms with E-state index in [1.165, 1.54) is 0 Å². The number of nitrogens with one attached hydrogen (secondary N) is 2. The second-order valence-corrected chi connectivity index (χ2v) is 5.09. The molecule has 0 bridgehead atoms. The molecule has 5 nitrogen and oxygen atoms in total. The number of rotatable bonds is 5. The molecule has 110 valence electrons. The normalized spacial score (nSPS) is 17.9. The number of ether oxygens (including phenoxy) is 1. The number of furan rings is 1. The van der Waals surface area contributed by atoms with E-state index in [-0.39, 0.29) is 18.0 Å². The topological polar surface area (TPSA) is 63.5 Å². The zero-order valence-corrected chi connectivity index (χ0v) is 11.8. The highest BCUT2D eigenvalue weighted by Gasteiger charge is 2.26. The van der Waals surface area contributed by atoms with Crippen LogP contribution in [0.15, 0.2) is 47.1 Å². The van der Waals surface area contributed by atoms with Crippen molar-refractivity contribution in [1.29, 1.82) is 0 Å². The summed E-state index contributed by atoms with van der Waals surface area (Å²) < 4.78 is 10.8. The maximum atomic E-state index is 12.1. The Balaban J connectivity index is 1.54. The van der Waals surface area contributed by atoms with E-state index in [1.807, 2.05) is 37.3 Å². The number of amides is 1. The van der Waals surface area contributed by atoms with Crippen LogP contribution >= 0.6 is 0 Å². The molecule has 2 atom stereocenters. The van der Waals surface area contributed by atoms with Gasteiger partial charge in [-0.15, -0.1) is 0 Å². The Kier molecular flexibility index (Phi) is 3.92. The maximum absolute atomic E-state index is 12.1. The number of hydrogen-bond acceptors (Lipinski definition) is 4. The summed E-state index contributed by atoms with van der Waals surface area (Å²) in [4.78, 5) is 12.1. The first kappa shape index (κ1) is 13.7. The molecule has 3 rings (SSSR count). The Morgan fingerprint density at radius 3 is 3.00 bits per heavy atom. The average molecular weight is 286 g/mol. The fourth-order valence-electron chi connectivity index (χ4n) is 2.42. The molecule has 0 spiro atoms. The molecule has 0 saturated heterocycles. The van der Waals surface area contributed by atoms with Crippen molar-refractivity contribution in [2.75, 3.05) is 6.61 Å². The minimum atomic E-state index is -0.306. The van der Waals surface area contributed by atoms with E-state index in [0.29, 0.717) is 13.2 Å². The molecule has 2 heterocycles. The summed E-state index contributed by atoms with van der Waals surface area (Å²) in [6, 6.07) is 11.3. The summed E-state index contributed by atoms with van der Waals surface area (Å²) in [5.41, 5.74) is 1.10. The second kappa shape index (κ2) is 6.01. The molecule has 0 radical (unpaired) electrons. The average Bonchev–Trinajstić information content (AvgIpc) is 3.15. The zero-order chi connectivity index (χ0) is 14.7. The maximum Gasteiger partial charge on any atom is 0.237 e. The predicted molar refractivity (Wildman–Crippen MR) is 77.8 cm³/mol. The highest BCUT2D eigenvalue weighted by Crippen LogP contribution is 2.31. The van der Waals surface area contributed by atoms with E-state index in [2.05, 4.69) is 10.6 Å². The van der Waals surface area contributed by atoms with Crippen molar-refractivity contribution < 1.29 is 13.9 Å². The Morgan fingerprint density at radius 1 is 1.33 bits per heavy atom. The molecular formula is C16H18N2O3. The van der Waals surface area contributed by atoms with Crippen molar-refractivity contribution in [3.05, 3.63) is 54.0 Å². The lowest BCUT2D eigenvalue weighted by Crippen LogP contribution is -2.43. The van der Waals surface area contributed by atoms with Crippen LogP contribution in [0.4, 0.5) is 0 Å². The van der Waals surface area contributed by atoms with E-state index in [4.69, 9.17) is 9.15 Å². The summed E-state index contributed by atoms with van der Waals surface area (Å²) in [5.74, 6) is 1.57. The van der Waals surface area contributed by atoms with Gasteiger partial charge in [-0.3, -0.25) is 10.1 Å². The van der Waals surface area contributed by atoms with E-state index < -0.39 is 0 Å². The molecule has 2 aromatic rings. The number of carbonyl (C=O) groups excluding carboxylic acids is 1. The summed E-state index contributed by atoms with van der Waals surface area (Å²) >= 11 is 0. The molecule has 5 heteroatoms. The van der Waals surface area contributed by atoms with E-state index in [0.717, 1.165) is 17.1 Å². The molecule has 0 saturated carbocycles. The Labute approximate surface area is 123 Å². The molecule has 1 aliphatic rings. The van der Waals surface area contributed by atoms with E-state index >= 15 is 0 Å². The minimum Gasteiger partial charge on any atom is -0.491 e. The largest absolute Gasteiger partial charge is 0.491 e. The first-order valence-corrected chi connectivity index (χ1v) is 7.02. The van der Waals surface area contributed by atoms with Crippen LogP contribution in [0.25, 0.3) is 0 Å². The first-order valence-electron chi connectivity index (χ1n) is 7.02. The van der Waals surface area contributed by atoms with Crippen LogP contribution in [-0.4, -0.2) is 18.6 Å². The molecule has 1 aliphatic heterocycles. The third kappa shape index (κ3) is 3.08. The molecule has 2 unspecified atom stereocenters. The summed E-state index contributed by atoms with van der Waals surface area (Å²) in [6.07, 6.45) is 1.59. The Bertz CT molecular complexity index is 610. The molecule has 1 amide bonds. The minimum absolute atomic E-state index is 0.0468. The third-order valence-corrected chi connectivity index (χ3v) is 3.56. The van der Waals surface area contributed by atoms with Crippen LogP contribution in [0.2, 0.25) is 0 Å². The molecule has 0 fully saturated rings. The lowest BCUT2D eigenvalue weighted by Gasteiger charge is -2.18. The summed E-state index contributed by atoms with van der Waals surface area (Å²) in [7, 11) is 0.